The minimum absolute atomic E-state index is 0.0260. The third-order valence-corrected chi connectivity index (χ3v) is 10.5. The number of rotatable bonds is 20. The third-order valence-electron chi connectivity index (χ3n) is 8.74. The van der Waals surface area contributed by atoms with Crippen molar-refractivity contribution in [1.82, 2.24) is 9.80 Å². The van der Waals surface area contributed by atoms with E-state index < -0.39 is 9.84 Å². The molecule has 0 bridgehead atoms. The number of nitrogens with zero attached hydrogens (tertiary/aromatic N) is 2. The van der Waals surface area contributed by atoms with Gasteiger partial charge in [-0.3, -0.25) is 14.3 Å². The molecule has 258 valence electrons. The maximum atomic E-state index is 13.2. The van der Waals surface area contributed by atoms with Crippen molar-refractivity contribution in [3.8, 4) is 0 Å². The lowest BCUT2D eigenvalue weighted by molar-refractivity contribution is -0.121. The Bertz CT molecular complexity index is 1590. The van der Waals surface area contributed by atoms with Crippen LogP contribution in [0.2, 0.25) is 0 Å². The van der Waals surface area contributed by atoms with Crippen LogP contribution in [0.3, 0.4) is 0 Å². The van der Waals surface area contributed by atoms with E-state index in [9.17, 15) is 13.2 Å². The molecule has 1 amide bonds. The molecule has 4 rings (SSSR count). The van der Waals surface area contributed by atoms with E-state index in [4.69, 9.17) is 4.74 Å². The van der Waals surface area contributed by atoms with Gasteiger partial charge in [-0.15, -0.1) is 0 Å². The first-order valence-electron chi connectivity index (χ1n) is 17.5. The van der Waals surface area contributed by atoms with Gasteiger partial charge in [-0.1, -0.05) is 63.3 Å². The smallest absolute Gasteiger partial charge is 0.220 e. The zero-order valence-corrected chi connectivity index (χ0v) is 30.1. The van der Waals surface area contributed by atoms with Crippen LogP contribution in [0.1, 0.15) is 88.7 Å². The zero-order valence-electron chi connectivity index (χ0n) is 29.2. The topological polar surface area (TPSA) is 88.1 Å². The Kier molecular flexibility index (Phi) is 14.2. The van der Waals surface area contributed by atoms with Gasteiger partial charge in [0.15, 0.2) is 0 Å². The molecule has 1 fully saturated rings. The molecule has 8 heteroatoms. The highest BCUT2D eigenvalue weighted by Crippen LogP contribution is 2.30. The molecule has 0 radical (unpaired) electrons. The predicted molar refractivity (Wildman–Crippen MR) is 198 cm³/mol. The second-order valence-electron chi connectivity index (χ2n) is 13.6. The Morgan fingerprint density at radius 1 is 0.812 bits per heavy atom. The summed E-state index contributed by atoms with van der Waals surface area (Å²) >= 11 is 0. The molecule has 1 N–H and O–H groups in total. The summed E-state index contributed by atoms with van der Waals surface area (Å²) < 4.78 is 32.9. The molecule has 2 atom stereocenters. The van der Waals surface area contributed by atoms with E-state index in [2.05, 4.69) is 62.7 Å². The highest BCUT2D eigenvalue weighted by molar-refractivity contribution is 7.91. The van der Waals surface area contributed by atoms with Crippen LogP contribution in [0.4, 0.5) is 11.4 Å². The lowest BCUT2D eigenvalue weighted by atomic mass is 10.1. The second-order valence-corrected chi connectivity index (χ2v) is 15.6. The fourth-order valence-corrected chi connectivity index (χ4v) is 6.81. The number of hydrogen-bond donors (Lipinski definition) is 1. The molecular weight excluding hydrogens is 619 g/mol. The minimum Gasteiger partial charge on any atom is -0.369 e. The van der Waals surface area contributed by atoms with E-state index >= 15 is 0 Å². The van der Waals surface area contributed by atoms with Crippen LogP contribution in [0.15, 0.2) is 99.7 Å². The summed E-state index contributed by atoms with van der Waals surface area (Å²) in [6, 6.07) is 21.5. The quantitative estimate of drug-likeness (QED) is 0.0428. The molecule has 0 saturated carbocycles. The molecule has 3 aromatic rings. The number of quaternary nitrogens is 1. The molecule has 1 aliphatic heterocycles. The maximum absolute atomic E-state index is 13.2. The van der Waals surface area contributed by atoms with Crippen LogP contribution in [-0.4, -0.2) is 53.9 Å². The maximum Gasteiger partial charge on any atom is 0.220 e. The summed E-state index contributed by atoms with van der Waals surface area (Å²) in [7, 11) is 2.68. The number of carbonyl (C=O) groups is 1. The van der Waals surface area contributed by atoms with Crippen molar-refractivity contribution < 1.29 is 17.9 Å². The molecule has 0 spiro atoms. The van der Waals surface area contributed by atoms with Gasteiger partial charge < -0.3 is 10.1 Å². The summed E-state index contributed by atoms with van der Waals surface area (Å²) in [6.45, 7) is 2.60. The number of ether oxygens (including phenoxy) is 1. The van der Waals surface area contributed by atoms with Crippen LogP contribution in [0.5, 0.6) is 0 Å². The number of allylic oxidation sites excluding steroid dienone is 1. The van der Waals surface area contributed by atoms with E-state index in [1.54, 1.807) is 54.7 Å². The van der Waals surface area contributed by atoms with Gasteiger partial charge in [0.05, 0.1) is 48.8 Å². The number of nitrogens with one attached hydrogen (secondary N) is 1. The molecule has 48 heavy (non-hydrogen) atoms. The first-order valence-corrected chi connectivity index (χ1v) is 19.0. The summed E-state index contributed by atoms with van der Waals surface area (Å²) in [5.74, 6) is 0.0260. The lowest BCUT2D eigenvalue weighted by Crippen LogP contribution is -2.34. The van der Waals surface area contributed by atoms with E-state index in [1.165, 1.54) is 37.8 Å². The lowest BCUT2D eigenvalue weighted by Gasteiger charge is -2.23. The van der Waals surface area contributed by atoms with Gasteiger partial charge in [0, 0.05) is 19.2 Å². The number of epoxide rings is 1. The number of hydrogen-bond acceptors (Lipinski definition) is 5. The van der Waals surface area contributed by atoms with Crippen molar-refractivity contribution in [2.45, 2.75) is 106 Å². The van der Waals surface area contributed by atoms with Gasteiger partial charge in [-0.25, -0.2) is 8.42 Å². The van der Waals surface area contributed by atoms with Crippen molar-refractivity contribution >= 4 is 33.3 Å². The summed E-state index contributed by atoms with van der Waals surface area (Å²) in [5.41, 5.74) is 3.70. The minimum atomic E-state index is -3.67. The normalized spacial score (nSPS) is 16.5. The van der Waals surface area contributed by atoms with Crippen LogP contribution in [0.25, 0.3) is 0 Å². The number of sulfone groups is 1. The van der Waals surface area contributed by atoms with Crippen molar-refractivity contribution in [3.63, 3.8) is 0 Å². The number of unbranched alkanes of at least 4 members (excludes halogenated alkanes) is 6. The Morgan fingerprint density at radius 2 is 1.46 bits per heavy atom. The fourth-order valence-electron chi connectivity index (χ4n) is 5.55. The van der Waals surface area contributed by atoms with Crippen LogP contribution < -0.4 is 9.80 Å². The second kappa shape index (κ2) is 18.2. The van der Waals surface area contributed by atoms with Crippen molar-refractivity contribution in [1.29, 1.82) is 0 Å². The molecule has 0 aliphatic carbocycles. The molecule has 0 aromatic heterocycles. The van der Waals surface area contributed by atoms with Crippen LogP contribution >= 0.6 is 0 Å². The van der Waals surface area contributed by atoms with Gasteiger partial charge in [0.25, 0.3) is 0 Å². The fraction of sp³-hybridized carbons (Fsp3) is 0.450. The van der Waals surface area contributed by atoms with E-state index in [0.717, 1.165) is 47.7 Å². The van der Waals surface area contributed by atoms with Crippen LogP contribution in [-0.2, 0) is 25.9 Å². The van der Waals surface area contributed by atoms with Crippen molar-refractivity contribution in [2.24, 2.45) is 4.99 Å². The van der Waals surface area contributed by atoms with Crippen LogP contribution in [0, 0.1) is 0 Å². The average molecular weight is 673 g/mol. The molecule has 1 saturated heterocycles. The van der Waals surface area contributed by atoms with Gasteiger partial charge in [-0.2, -0.15) is 0 Å². The zero-order chi connectivity index (χ0) is 34.4. The van der Waals surface area contributed by atoms with E-state index in [-0.39, 0.29) is 15.7 Å². The third kappa shape index (κ3) is 12.1. The average Bonchev–Trinajstić information content (AvgIpc) is 3.84. The van der Waals surface area contributed by atoms with E-state index in [0.29, 0.717) is 30.9 Å². The number of aliphatic imine (C=N–C) groups is 1. The SMILES string of the molecule is CCCCC1OC1C/C=C/CCCCCCCC(=O)NCc1ccc(S(=O)(=O)c2ccc(N=Cc3ccc([N+](C)(C)C)cc3)cc2)cc1. The summed E-state index contributed by atoms with van der Waals surface area (Å²) in [4.78, 5) is 17.3. The Hall–Kier alpha value is -3.59. The monoisotopic (exact) mass is 672 g/mol. The molecule has 2 unspecified atom stereocenters. The Morgan fingerprint density at radius 3 is 2.12 bits per heavy atom. The van der Waals surface area contributed by atoms with Crippen molar-refractivity contribution in [2.75, 3.05) is 21.1 Å². The van der Waals surface area contributed by atoms with Gasteiger partial charge in [0.2, 0.25) is 15.7 Å². The molecule has 3 aromatic carbocycles. The first kappa shape index (κ1) is 37.2. The Labute approximate surface area is 288 Å². The number of amides is 1. The molecular formula is C40H54N3O4S+. The summed E-state index contributed by atoms with van der Waals surface area (Å²) in [6.07, 6.45) is 19.1. The molecule has 1 heterocycles. The number of benzene rings is 3. The van der Waals surface area contributed by atoms with E-state index in [1.807, 2.05) is 12.1 Å². The summed E-state index contributed by atoms with van der Waals surface area (Å²) in [5, 5.41) is 2.96. The van der Waals surface area contributed by atoms with Gasteiger partial charge in [0.1, 0.15) is 5.69 Å². The van der Waals surface area contributed by atoms with Gasteiger partial charge in [-0.05, 0) is 104 Å². The number of carbonyl (C=O) groups excluding carboxylic acids is 1. The van der Waals surface area contributed by atoms with Crippen molar-refractivity contribution in [3.05, 3.63) is 96.1 Å². The highest BCUT2D eigenvalue weighted by atomic mass is 32.2. The standard InChI is InChI=1S/C40H53N3O4S/c1-5-6-15-38-39(47-38)16-13-11-9-7-8-10-12-14-17-40(44)42-31-33-20-26-36(27-21-33)48(45,46)37-28-22-34(23-29-37)41-30-32-18-24-35(25-19-32)43(2,3)4/h11,13,18-30,38-39H,5-10,12,14-17,31H2,1-4H3/p+1/b13-11+,41-30?. The predicted octanol–water partition coefficient (Wildman–Crippen LogP) is 8.72. The van der Waals surface area contributed by atoms with Gasteiger partial charge >= 0.3 is 0 Å². The first-order chi connectivity index (χ1) is 23.1. The largest absolute Gasteiger partial charge is 0.369 e. The highest BCUT2D eigenvalue weighted by Gasteiger charge is 2.36. The Balaban J connectivity index is 1.11. The molecule has 7 nitrogen and oxygen atoms in total. The molecule has 1 aliphatic rings.